The molecule has 0 heterocycles. The van der Waals surface area contributed by atoms with Crippen LogP contribution in [-0.4, -0.2) is 18.2 Å². The van der Waals surface area contributed by atoms with Gasteiger partial charge >= 0.3 is 5.97 Å². The molecule has 0 aromatic heterocycles. The van der Waals surface area contributed by atoms with Crippen LogP contribution in [0.15, 0.2) is 24.3 Å². The molecule has 0 amide bonds. The van der Waals surface area contributed by atoms with Crippen molar-refractivity contribution in [1.82, 2.24) is 0 Å². The smallest absolute Gasteiger partial charge is 0.307 e. The van der Waals surface area contributed by atoms with Crippen molar-refractivity contribution in [3.05, 3.63) is 29.8 Å². The molecule has 3 heteroatoms. The summed E-state index contributed by atoms with van der Waals surface area (Å²) in [5.74, 6) is -0.0608. The van der Waals surface area contributed by atoms with E-state index in [1.54, 1.807) is 7.11 Å². The van der Waals surface area contributed by atoms with E-state index in [2.05, 4.69) is 6.92 Å². The number of carboxylic acids is 1. The molecule has 0 saturated heterocycles. The lowest BCUT2D eigenvalue weighted by atomic mass is 9.85. The molecule has 0 aliphatic carbocycles. The van der Waals surface area contributed by atoms with Crippen molar-refractivity contribution in [2.24, 2.45) is 11.8 Å². The van der Waals surface area contributed by atoms with Crippen LogP contribution in [0.5, 0.6) is 5.75 Å². The van der Waals surface area contributed by atoms with Crippen LogP contribution in [0.25, 0.3) is 0 Å². The van der Waals surface area contributed by atoms with Crippen LogP contribution in [0, 0.1) is 11.8 Å². The van der Waals surface area contributed by atoms with Crippen LogP contribution in [0.3, 0.4) is 0 Å². The van der Waals surface area contributed by atoms with Crippen LogP contribution in [0.1, 0.15) is 32.3 Å². The van der Waals surface area contributed by atoms with Crippen molar-refractivity contribution in [3.8, 4) is 5.75 Å². The summed E-state index contributed by atoms with van der Waals surface area (Å²) in [6, 6.07) is 7.64. The molecule has 0 aliphatic heterocycles. The second-order valence-electron chi connectivity index (χ2n) is 4.77. The number of rotatable bonds is 7. The van der Waals surface area contributed by atoms with Gasteiger partial charge in [-0.3, -0.25) is 4.79 Å². The van der Waals surface area contributed by atoms with E-state index in [4.69, 9.17) is 4.74 Å². The minimum atomic E-state index is -0.709. The number of hydrogen-bond acceptors (Lipinski definition) is 2. The molecule has 1 aromatic carbocycles. The van der Waals surface area contributed by atoms with Crippen LogP contribution in [-0.2, 0) is 11.2 Å². The lowest BCUT2D eigenvalue weighted by molar-refractivity contribution is -0.143. The first kappa shape index (κ1) is 14.6. The molecule has 0 bridgehead atoms. The zero-order valence-corrected chi connectivity index (χ0v) is 11.3. The van der Waals surface area contributed by atoms with E-state index in [0.29, 0.717) is 6.42 Å². The number of methoxy groups -OCH3 is 1. The number of benzene rings is 1. The molecule has 2 atom stereocenters. The maximum Gasteiger partial charge on any atom is 0.307 e. The normalized spacial score (nSPS) is 13.9. The highest BCUT2D eigenvalue weighted by atomic mass is 16.5. The van der Waals surface area contributed by atoms with Gasteiger partial charge in [0.15, 0.2) is 0 Å². The minimum absolute atomic E-state index is 0.193. The van der Waals surface area contributed by atoms with E-state index in [9.17, 15) is 9.90 Å². The predicted molar refractivity (Wildman–Crippen MR) is 71.9 cm³/mol. The molecule has 0 aliphatic rings. The number of ether oxygens (including phenoxy) is 1. The van der Waals surface area contributed by atoms with Crippen molar-refractivity contribution in [2.45, 2.75) is 33.1 Å². The molecule has 3 nitrogen and oxygen atoms in total. The second-order valence-corrected chi connectivity index (χ2v) is 4.77. The van der Waals surface area contributed by atoms with Crippen molar-refractivity contribution >= 4 is 5.97 Å². The summed E-state index contributed by atoms with van der Waals surface area (Å²) in [5.41, 5.74) is 1.02. The highest BCUT2D eigenvalue weighted by molar-refractivity contribution is 5.70. The highest BCUT2D eigenvalue weighted by Crippen LogP contribution is 2.23. The summed E-state index contributed by atoms with van der Waals surface area (Å²) < 4.78 is 5.16. The van der Waals surface area contributed by atoms with Gasteiger partial charge in [-0.25, -0.2) is 0 Å². The van der Waals surface area contributed by atoms with Gasteiger partial charge in [-0.1, -0.05) is 38.8 Å². The molecule has 100 valence electrons. The zero-order valence-electron chi connectivity index (χ0n) is 11.3. The van der Waals surface area contributed by atoms with Gasteiger partial charge in [-0.05, 0) is 30.0 Å². The first-order chi connectivity index (χ1) is 8.58. The molecule has 18 heavy (non-hydrogen) atoms. The van der Waals surface area contributed by atoms with Crippen molar-refractivity contribution in [1.29, 1.82) is 0 Å². The Morgan fingerprint density at radius 1 is 1.44 bits per heavy atom. The van der Waals surface area contributed by atoms with Gasteiger partial charge in [-0.15, -0.1) is 0 Å². The topological polar surface area (TPSA) is 46.5 Å². The van der Waals surface area contributed by atoms with Crippen LogP contribution >= 0.6 is 0 Å². The molecule has 0 saturated carbocycles. The molecule has 0 fully saturated rings. The average Bonchev–Trinajstić information content (AvgIpc) is 2.36. The standard InChI is InChI=1S/C15H22O3/c1-4-6-11(2)14(15(16)17)10-12-7-5-8-13(9-12)18-3/h5,7-9,11,14H,4,6,10H2,1-3H3,(H,16,17). The van der Waals surface area contributed by atoms with Crippen LogP contribution in [0.4, 0.5) is 0 Å². The van der Waals surface area contributed by atoms with Crippen molar-refractivity contribution in [3.63, 3.8) is 0 Å². The highest BCUT2D eigenvalue weighted by Gasteiger charge is 2.24. The summed E-state index contributed by atoms with van der Waals surface area (Å²) in [4.78, 5) is 11.3. The van der Waals surface area contributed by atoms with E-state index in [1.807, 2.05) is 31.2 Å². The monoisotopic (exact) mass is 250 g/mol. The SMILES string of the molecule is CCCC(C)C(Cc1cccc(OC)c1)C(=O)O. The Hall–Kier alpha value is -1.51. The Kier molecular flexibility index (Phi) is 5.69. The van der Waals surface area contributed by atoms with E-state index in [0.717, 1.165) is 24.2 Å². The van der Waals surface area contributed by atoms with Crippen molar-refractivity contribution < 1.29 is 14.6 Å². The molecule has 1 aromatic rings. The Bertz CT molecular complexity index is 387. The molecular formula is C15H22O3. The minimum Gasteiger partial charge on any atom is -0.497 e. The fourth-order valence-corrected chi connectivity index (χ4v) is 2.24. The van der Waals surface area contributed by atoms with Gasteiger partial charge in [0, 0.05) is 0 Å². The first-order valence-electron chi connectivity index (χ1n) is 6.44. The van der Waals surface area contributed by atoms with Crippen LogP contribution in [0.2, 0.25) is 0 Å². The third-order valence-corrected chi connectivity index (χ3v) is 3.34. The Balaban J connectivity index is 2.79. The maximum absolute atomic E-state index is 11.3. The third-order valence-electron chi connectivity index (χ3n) is 3.34. The predicted octanol–water partition coefficient (Wildman–Crippen LogP) is 3.37. The van der Waals surface area contributed by atoms with E-state index in [1.165, 1.54) is 0 Å². The molecule has 0 radical (unpaired) electrons. The number of aliphatic carboxylic acids is 1. The van der Waals surface area contributed by atoms with Crippen LogP contribution < -0.4 is 4.74 Å². The van der Waals surface area contributed by atoms with Crippen molar-refractivity contribution in [2.75, 3.05) is 7.11 Å². The van der Waals surface area contributed by atoms with E-state index < -0.39 is 5.97 Å². The summed E-state index contributed by atoms with van der Waals surface area (Å²) in [7, 11) is 1.62. The van der Waals surface area contributed by atoms with E-state index in [-0.39, 0.29) is 11.8 Å². The number of carboxylic acid groups (broad SMARTS) is 1. The zero-order chi connectivity index (χ0) is 13.5. The lowest BCUT2D eigenvalue weighted by Crippen LogP contribution is -2.24. The van der Waals surface area contributed by atoms with Gasteiger partial charge in [0.1, 0.15) is 5.75 Å². The average molecular weight is 250 g/mol. The Morgan fingerprint density at radius 3 is 2.72 bits per heavy atom. The van der Waals surface area contributed by atoms with Gasteiger partial charge < -0.3 is 9.84 Å². The lowest BCUT2D eigenvalue weighted by Gasteiger charge is -2.19. The fraction of sp³-hybridized carbons (Fsp3) is 0.533. The second kappa shape index (κ2) is 7.04. The molecule has 1 N–H and O–H groups in total. The maximum atomic E-state index is 11.3. The van der Waals surface area contributed by atoms with Gasteiger partial charge in [0.05, 0.1) is 13.0 Å². The number of hydrogen-bond donors (Lipinski definition) is 1. The first-order valence-corrected chi connectivity index (χ1v) is 6.44. The largest absolute Gasteiger partial charge is 0.497 e. The van der Waals surface area contributed by atoms with Gasteiger partial charge in [0.25, 0.3) is 0 Å². The summed E-state index contributed by atoms with van der Waals surface area (Å²) in [5, 5.41) is 9.33. The van der Waals surface area contributed by atoms with Gasteiger partial charge in [-0.2, -0.15) is 0 Å². The summed E-state index contributed by atoms with van der Waals surface area (Å²) >= 11 is 0. The van der Waals surface area contributed by atoms with E-state index >= 15 is 0 Å². The number of carbonyl (C=O) groups is 1. The summed E-state index contributed by atoms with van der Waals surface area (Å²) in [6.45, 7) is 4.10. The molecule has 0 spiro atoms. The quantitative estimate of drug-likeness (QED) is 0.807. The molecule has 2 unspecified atom stereocenters. The van der Waals surface area contributed by atoms with Gasteiger partial charge in [0.2, 0.25) is 0 Å². The summed E-state index contributed by atoms with van der Waals surface area (Å²) in [6.07, 6.45) is 2.53. The molecular weight excluding hydrogens is 228 g/mol. The molecule has 1 rings (SSSR count). The fourth-order valence-electron chi connectivity index (χ4n) is 2.24. The third kappa shape index (κ3) is 4.06. The Labute approximate surface area is 109 Å². The Morgan fingerprint density at radius 2 is 2.17 bits per heavy atom.